The van der Waals surface area contributed by atoms with Gasteiger partial charge in [0.15, 0.2) is 102 Å². The monoisotopic (exact) mass is 2100 g/mol. The number of nitro benzene ring substituents is 1. The third kappa shape index (κ3) is 28.0. The number of aryl methyl sites for hydroxylation is 1. The molecule has 2 saturated heterocycles. The third-order valence-corrected chi connectivity index (χ3v) is 24.6. The van der Waals surface area contributed by atoms with Gasteiger partial charge < -0.3 is 94.6 Å². The first-order chi connectivity index (χ1) is 70.9. The zero-order valence-electron chi connectivity index (χ0n) is 80.8. The number of thiazole rings is 1. The molecule has 0 unspecified atom stereocenters. The van der Waals surface area contributed by atoms with Gasteiger partial charge in [0.05, 0.1) is 101 Å². The minimum absolute atomic E-state index is 0.000237. The Morgan fingerprint density at radius 2 is 0.878 bits per heavy atom. The molecule has 0 bridgehead atoms. The fourth-order valence-corrected chi connectivity index (χ4v) is 15.8. The van der Waals surface area contributed by atoms with Gasteiger partial charge in [-0.15, -0.1) is 0 Å². The van der Waals surface area contributed by atoms with Gasteiger partial charge in [-0.1, -0.05) is 84.1 Å². The number of carbonyl (C=O) groups is 11. The van der Waals surface area contributed by atoms with Crippen LogP contribution in [0.3, 0.4) is 0 Å². The number of aromatic nitrogens is 4. The number of methoxy groups -OCH3 is 5. The maximum Gasteiger partial charge on any atom is 0.330 e. The average Bonchev–Trinajstić information content (AvgIpc) is 2.10. The van der Waals surface area contributed by atoms with Crippen molar-refractivity contribution in [1.82, 2.24) is 44.0 Å². The molecule has 2 aliphatic rings. The summed E-state index contributed by atoms with van der Waals surface area (Å²) in [7, 11) is 14.1. The Hall–Kier alpha value is -18.2. The van der Waals surface area contributed by atoms with Gasteiger partial charge in [-0.2, -0.15) is 0 Å². The van der Waals surface area contributed by atoms with Crippen LogP contribution in [0.5, 0.6) is 68.4 Å². The second kappa shape index (κ2) is 52.7. The summed E-state index contributed by atoms with van der Waals surface area (Å²) in [6.45, 7) is 6.32. The van der Waals surface area contributed by atoms with Crippen LogP contribution < -0.4 is 46.0 Å². The first kappa shape index (κ1) is 112. The van der Waals surface area contributed by atoms with Crippen LogP contribution in [0.15, 0.2) is 239 Å². The number of hydrogen-bond acceptors (Lipinski definition) is 32. The number of rotatable bonds is 25. The second-order valence-corrected chi connectivity index (χ2v) is 34.3. The summed E-state index contributed by atoms with van der Waals surface area (Å²) in [6.07, 6.45) is 8.11. The van der Waals surface area contributed by atoms with Gasteiger partial charge in [-0.05, 0) is 207 Å². The van der Waals surface area contributed by atoms with Crippen molar-refractivity contribution < 1.29 is 121 Å². The number of benzene rings is 11. The molecule has 38 nitrogen and oxygen atoms in total. The Bertz CT molecular complexity index is 7420. The number of nitrogens with two attached hydrogens (primary N) is 1. The predicted molar refractivity (Wildman–Crippen MR) is 551 cm³/mol. The lowest BCUT2D eigenvalue weighted by Gasteiger charge is -2.32. The van der Waals surface area contributed by atoms with Gasteiger partial charge in [0.1, 0.15) is 5.75 Å². The summed E-state index contributed by atoms with van der Waals surface area (Å²) in [5.74, 6) is -3.73. The summed E-state index contributed by atoms with van der Waals surface area (Å²) in [6, 6.07) is 56.2. The van der Waals surface area contributed by atoms with E-state index in [1.54, 1.807) is 125 Å². The van der Waals surface area contributed by atoms with Crippen molar-refractivity contribution >= 4 is 101 Å². The zero-order chi connectivity index (χ0) is 108. The number of ether oxygens (including phenoxy) is 5. The molecular formula is C107H99BrFN11O27S. The van der Waals surface area contributed by atoms with Gasteiger partial charge in [0, 0.05) is 124 Å². The Morgan fingerprint density at radius 3 is 1.32 bits per heavy atom. The molecule has 0 spiro atoms. The van der Waals surface area contributed by atoms with Crippen LogP contribution in [0.25, 0.3) is 66.2 Å². The van der Waals surface area contributed by atoms with Crippen LogP contribution in [-0.2, 0) is 20.6 Å². The van der Waals surface area contributed by atoms with Crippen molar-refractivity contribution in [3.8, 4) is 135 Å². The number of primary amides is 1. The van der Waals surface area contributed by atoms with E-state index < -0.39 is 50.8 Å². The van der Waals surface area contributed by atoms with Crippen molar-refractivity contribution in [2.24, 2.45) is 19.8 Å². The lowest BCUT2D eigenvalue weighted by molar-refractivity contribution is -0.385. The van der Waals surface area contributed by atoms with Gasteiger partial charge in [-0.3, -0.25) is 77.2 Å². The quantitative estimate of drug-likeness (QED) is 0.0146. The van der Waals surface area contributed by atoms with E-state index in [9.17, 15) is 113 Å². The number of phenolic OH excluding ortho intramolecular Hbond substituents is 6. The fourth-order valence-electron chi connectivity index (χ4n) is 14.7. The SMILES string of the molecule is CN1CCN(C(=O)c2cccc(-c3cc(C=O)c(O)c([N+](=O)[O-])c3)c2)CC1.CN1CCN(C(=O)c2cccc(-c3cc(F)c(O)c(C=O)c3)c2)CC1.COc1cc(-c2cccc(C(=O)NCc3ccccc3)c2)cc(C=O)c1O.COc1cc(-c2ccccn2)cc(C=O)c1O.COc1cc(-c2cn(C)c(=O)n(C)c2=O)cc(C=O)c1O.COc1ncc(-c2cc(C=O)c(O)c(OC)c2)s1.NC(=O)c1ccc(Br)c(C=O)c1O. The minimum Gasteiger partial charge on any atom is -0.506 e. The molecule has 764 valence electrons. The average molecular weight is 2100 g/mol. The van der Waals surface area contributed by atoms with E-state index in [0.29, 0.717) is 142 Å². The van der Waals surface area contributed by atoms with Crippen molar-refractivity contribution in [3.63, 3.8) is 0 Å². The van der Waals surface area contributed by atoms with Crippen molar-refractivity contribution in [3.05, 3.63) is 333 Å². The van der Waals surface area contributed by atoms with Gasteiger partial charge in [0.2, 0.25) is 5.75 Å². The summed E-state index contributed by atoms with van der Waals surface area (Å²) in [4.78, 5) is 176. The summed E-state index contributed by atoms with van der Waals surface area (Å²) in [5.41, 5.74) is 12.3. The van der Waals surface area contributed by atoms with E-state index in [-0.39, 0.29) is 114 Å². The number of nitrogens with zero attached hydrogens (tertiary/aromatic N) is 9. The Kier molecular flexibility index (Phi) is 39.8. The van der Waals surface area contributed by atoms with Crippen LogP contribution in [-0.4, -0.2) is 249 Å². The highest BCUT2D eigenvalue weighted by Crippen LogP contribution is 2.42. The van der Waals surface area contributed by atoms with Crippen LogP contribution in [0.2, 0.25) is 0 Å². The molecule has 148 heavy (non-hydrogen) atoms. The Labute approximate surface area is 857 Å². The molecule has 41 heteroatoms. The molecule has 10 N–H and O–H groups in total. The van der Waals surface area contributed by atoms with E-state index in [2.05, 4.69) is 41.0 Å². The lowest BCUT2D eigenvalue weighted by Crippen LogP contribution is -2.47. The maximum absolute atomic E-state index is 13.8. The number of likely N-dealkylation sites (N-methyl/N-ethyl adjacent to an activating group) is 2. The van der Waals surface area contributed by atoms with Crippen molar-refractivity contribution in [2.75, 3.05) is 102 Å². The number of carbonyl (C=O) groups excluding carboxylic acids is 11. The maximum atomic E-state index is 13.8. The number of nitrogens with one attached hydrogen (secondary N) is 1. The van der Waals surface area contributed by atoms with Crippen molar-refractivity contribution in [1.29, 1.82) is 0 Å². The minimum atomic E-state index is -0.865. The van der Waals surface area contributed by atoms with Crippen LogP contribution in [0.4, 0.5) is 10.1 Å². The van der Waals surface area contributed by atoms with Crippen LogP contribution >= 0.6 is 27.3 Å². The molecule has 0 radical (unpaired) electrons. The normalized spacial score (nSPS) is 11.8. The molecular weight excluding hydrogens is 2000 g/mol. The standard InChI is InChI=1S/C22H19NO4.C19H19FN2O3.C19H19N3O5.C14H14N2O5.C13H11NO3.C12H11NO4S.C8H6BrNO3/c1-27-20-12-18(11-19(14-24)21(20)25)16-8-5-9-17(10-16)22(26)23-13-15-6-3-2-4-7-15;1-21-5-7-22(8-6-21)19(25)14-4-2-3-13(9-14)15-10-16(12-23)18(24)17(20)11-15;1-20-5-7-21(8-6-20)19(25)14-4-2-3-13(9-14)15-10-16(12-23)18(24)17(11-15)22(26)27;1-15-6-10(13(19)16(2)14(15)20)8-4-9(7-17)12(18)11(5-8)21-3;1-17-12-7-9(6-10(8-15)13(12)16)11-4-2-3-5-14-11;1-16-9-4-7(3-8(6-14)11(9)15)10-5-13-12(17-2)18-10;9-6-2-1-4(8(10)13)7(12)5(6)3-11/h2-12,14,25H,13H2,1H3,(H,23,26);2-4,9-12,24H,5-8H2,1H3;2-4,9-12,24H,5-8H2,1H3;4-7,18H,1-3H3;2-8,16H,1H3;3-6,15H,1-2H3;1-3,12H,(H2,10,13). The molecule has 4 amide bonds. The van der Waals surface area contributed by atoms with E-state index in [4.69, 9.17) is 29.4 Å². The summed E-state index contributed by atoms with van der Waals surface area (Å²) in [5, 5.41) is 82.5. The van der Waals surface area contributed by atoms with E-state index >= 15 is 0 Å². The summed E-state index contributed by atoms with van der Waals surface area (Å²) >= 11 is 4.39. The first-order valence-electron chi connectivity index (χ1n) is 44.4. The van der Waals surface area contributed by atoms with Gasteiger partial charge in [-0.25, -0.2) is 14.2 Å². The molecule has 11 aromatic carbocycles. The number of amides is 4. The number of piperazine rings is 2. The molecule has 2 aliphatic heterocycles. The number of nitro groups is 1. The molecule has 0 aliphatic carbocycles. The van der Waals surface area contributed by atoms with Crippen LogP contribution in [0, 0.1) is 15.9 Å². The molecule has 14 aromatic rings. The number of hydrogen-bond donors (Lipinski definition) is 9. The number of halogens is 2. The van der Waals surface area contributed by atoms with Crippen molar-refractivity contribution in [2.45, 2.75) is 6.54 Å². The first-order valence-corrected chi connectivity index (χ1v) is 46.0. The molecule has 0 saturated carbocycles. The predicted octanol–water partition coefficient (Wildman–Crippen LogP) is 14.3. The van der Waals surface area contributed by atoms with E-state index in [1.165, 1.54) is 114 Å². The summed E-state index contributed by atoms with van der Waals surface area (Å²) < 4.78 is 41.6. The molecule has 16 rings (SSSR count). The molecule has 2 fully saturated rings. The number of pyridine rings is 1. The third-order valence-electron chi connectivity index (χ3n) is 22.9. The highest BCUT2D eigenvalue weighted by atomic mass is 79.9. The van der Waals surface area contributed by atoms with E-state index in [0.717, 1.165) is 63.9 Å². The smallest absolute Gasteiger partial charge is 0.330 e. The second-order valence-electron chi connectivity index (χ2n) is 32.4. The number of aldehydes is 7. The zero-order valence-corrected chi connectivity index (χ0v) is 83.2. The lowest BCUT2D eigenvalue weighted by atomic mass is 9.99. The topological polar surface area (TPSA) is 539 Å². The largest absolute Gasteiger partial charge is 0.506 e. The van der Waals surface area contributed by atoms with Gasteiger partial charge in [0.25, 0.3) is 34.4 Å². The van der Waals surface area contributed by atoms with Gasteiger partial charge >= 0.3 is 11.4 Å². The Balaban J connectivity index is 0.000000179. The van der Waals surface area contributed by atoms with E-state index in [1.807, 2.05) is 68.7 Å². The Morgan fingerprint density at radius 1 is 0.459 bits per heavy atom. The molecule has 3 aromatic heterocycles. The molecule has 0 atom stereocenters. The number of phenols is 7. The fraction of sp³-hybridized carbons (Fsp3) is 0.168. The highest BCUT2D eigenvalue weighted by molar-refractivity contribution is 9.10. The molecule has 5 heterocycles. The van der Waals surface area contributed by atoms with Crippen LogP contribution in [0.1, 0.15) is 120 Å². The number of aromatic hydroxyl groups is 7. The highest BCUT2D eigenvalue weighted by Gasteiger charge is 2.27.